The smallest absolute Gasteiger partial charge is 0.267 e. The molecular formula is C19H21NO2. The minimum absolute atomic E-state index is 0.111. The molecule has 0 spiro atoms. The molecule has 0 aromatic heterocycles. The van der Waals surface area contributed by atoms with Gasteiger partial charge in [-0.15, -0.1) is 6.58 Å². The first-order valence-corrected chi connectivity index (χ1v) is 7.46. The molecule has 0 saturated heterocycles. The Balaban J connectivity index is 2.01. The molecule has 0 fully saturated rings. The van der Waals surface area contributed by atoms with Crippen molar-refractivity contribution in [3.05, 3.63) is 84.4 Å². The second kappa shape index (κ2) is 8.80. The Morgan fingerprint density at radius 2 is 1.68 bits per heavy atom. The van der Waals surface area contributed by atoms with E-state index in [-0.39, 0.29) is 5.91 Å². The largest absolute Gasteiger partial charge is 0.277 e. The van der Waals surface area contributed by atoms with Crippen molar-refractivity contribution >= 4 is 5.91 Å². The second-order valence-electron chi connectivity index (χ2n) is 4.96. The number of unbranched alkanes of at least 4 members (excludes halogenated alkanes) is 1. The zero-order chi connectivity index (χ0) is 15.6. The Kier molecular flexibility index (Phi) is 6.39. The summed E-state index contributed by atoms with van der Waals surface area (Å²) in [7, 11) is 0. The van der Waals surface area contributed by atoms with Gasteiger partial charge in [0.1, 0.15) is 6.61 Å². The van der Waals surface area contributed by atoms with Gasteiger partial charge in [-0.05, 0) is 30.5 Å². The Morgan fingerprint density at radius 3 is 2.32 bits per heavy atom. The normalized spacial score (nSPS) is 10.2. The lowest BCUT2D eigenvalue weighted by Gasteiger charge is -2.22. The maximum absolute atomic E-state index is 12.5. The Labute approximate surface area is 131 Å². The molecule has 0 aliphatic carbocycles. The van der Waals surface area contributed by atoms with Crippen LogP contribution in [0.1, 0.15) is 28.8 Å². The van der Waals surface area contributed by atoms with E-state index in [1.807, 2.05) is 54.6 Å². The number of nitrogens with zero attached hydrogens (tertiary/aromatic N) is 1. The Hall–Kier alpha value is -2.39. The summed E-state index contributed by atoms with van der Waals surface area (Å²) < 4.78 is 0. The van der Waals surface area contributed by atoms with Crippen molar-refractivity contribution in [2.24, 2.45) is 0 Å². The molecule has 2 aromatic rings. The van der Waals surface area contributed by atoms with E-state index in [4.69, 9.17) is 4.84 Å². The van der Waals surface area contributed by atoms with Gasteiger partial charge in [0.05, 0.1) is 0 Å². The van der Waals surface area contributed by atoms with Crippen LogP contribution in [0.2, 0.25) is 0 Å². The van der Waals surface area contributed by atoms with Crippen LogP contribution in [0.25, 0.3) is 0 Å². The lowest BCUT2D eigenvalue weighted by Crippen LogP contribution is -2.32. The first-order valence-electron chi connectivity index (χ1n) is 7.46. The number of amides is 1. The second-order valence-corrected chi connectivity index (χ2v) is 4.96. The fourth-order valence-corrected chi connectivity index (χ4v) is 2.06. The van der Waals surface area contributed by atoms with Crippen molar-refractivity contribution in [2.45, 2.75) is 19.4 Å². The molecule has 3 nitrogen and oxygen atoms in total. The fourth-order valence-electron chi connectivity index (χ4n) is 2.06. The summed E-state index contributed by atoms with van der Waals surface area (Å²) in [6, 6.07) is 19.0. The van der Waals surface area contributed by atoms with Crippen molar-refractivity contribution < 1.29 is 9.63 Å². The number of hydroxylamine groups is 2. The number of hydrogen-bond acceptors (Lipinski definition) is 2. The van der Waals surface area contributed by atoms with Crippen LogP contribution in [-0.4, -0.2) is 17.5 Å². The van der Waals surface area contributed by atoms with Crippen molar-refractivity contribution in [3.8, 4) is 0 Å². The van der Waals surface area contributed by atoms with Crippen LogP contribution in [0, 0.1) is 0 Å². The predicted octanol–water partition coefficient (Wildman–Crippen LogP) is 4.23. The van der Waals surface area contributed by atoms with Crippen LogP contribution in [-0.2, 0) is 11.4 Å². The summed E-state index contributed by atoms with van der Waals surface area (Å²) in [6.07, 6.45) is 3.53. The molecule has 0 saturated carbocycles. The first kappa shape index (κ1) is 16.0. The van der Waals surface area contributed by atoms with Gasteiger partial charge in [0.2, 0.25) is 0 Å². The van der Waals surface area contributed by atoms with Crippen molar-refractivity contribution in [1.29, 1.82) is 0 Å². The molecule has 0 unspecified atom stereocenters. The van der Waals surface area contributed by atoms with Crippen LogP contribution in [0.5, 0.6) is 0 Å². The molecule has 22 heavy (non-hydrogen) atoms. The van der Waals surface area contributed by atoms with E-state index in [0.29, 0.717) is 18.7 Å². The van der Waals surface area contributed by atoms with Gasteiger partial charge < -0.3 is 0 Å². The Bertz CT molecular complexity index is 581. The zero-order valence-corrected chi connectivity index (χ0v) is 12.7. The molecule has 0 aliphatic rings. The minimum atomic E-state index is -0.111. The van der Waals surface area contributed by atoms with E-state index in [1.165, 1.54) is 5.06 Å². The van der Waals surface area contributed by atoms with Gasteiger partial charge in [-0.25, -0.2) is 5.06 Å². The number of carbonyl (C=O) groups excluding carboxylic acids is 1. The van der Waals surface area contributed by atoms with E-state index in [2.05, 4.69) is 6.58 Å². The summed E-state index contributed by atoms with van der Waals surface area (Å²) in [5, 5.41) is 1.45. The lowest BCUT2D eigenvalue weighted by molar-refractivity contribution is -0.134. The van der Waals surface area contributed by atoms with Gasteiger partial charge in [0, 0.05) is 12.1 Å². The van der Waals surface area contributed by atoms with Crippen LogP contribution >= 0.6 is 0 Å². The number of allylic oxidation sites excluding steroid dienone is 1. The average Bonchev–Trinajstić information content (AvgIpc) is 2.59. The molecule has 0 heterocycles. The summed E-state index contributed by atoms with van der Waals surface area (Å²) >= 11 is 0. The average molecular weight is 295 g/mol. The van der Waals surface area contributed by atoms with Crippen LogP contribution in [0.15, 0.2) is 73.3 Å². The maximum Gasteiger partial charge on any atom is 0.277 e. The molecule has 2 rings (SSSR count). The summed E-state index contributed by atoms with van der Waals surface area (Å²) in [5.41, 5.74) is 1.67. The number of rotatable bonds is 8. The molecule has 114 valence electrons. The van der Waals surface area contributed by atoms with Crippen LogP contribution in [0.3, 0.4) is 0 Å². The summed E-state index contributed by atoms with van der Waals surface area (Å²) in [6.45, 7) is 4.64. The molecule has 2 aromatic carbocycles. The SMILES string of the molecule is C=CCCCN(OCc1ccccc1)C(=O)c1ccccc1. The third-order valence-electron chi connectivity index (χ3n) is 3.25. The number of benzene rings is 2. The first-order chi connectivity index (χ1) is 10.8. The minimum Gasteiger partial charge on any atom is -0.267 e. The summed E-state index contributed by atoms with van der Waals surface area (Å²) in [4.78, 5) is 18.3. The summed E-state index contributed by atoms with van der Waals surface area (Å²) in [5.74, 6) is -0.111. The molecule has 0 bridgehead atoms. The van der Waals surface area contributed by atoms with E-state index in [0.717, 1.165) is 18.4 Å². The monoisotopic (exact) mass is 295 g/mol. The fraction of sp³-hybridized carbons (Fsp3) is 0.211. The van der Waals surface area contributed by atoms with E-state index in [1.54, 1.807) is 12.1 Å². The number of carbonyl (C=O) groups is 1. The van der Waals surface area contributed by atoms with Crippen molar-refractivity contribution in [2.75, 3.05) is 6.54 Å². The topological polar surface area (TPSA) is 29.5 Å². The zero-order valence-electron chi connectivity index (χ0n) is 12.7. The number of hydrogen-bond donors (Lipinski definition) is 0. The standard InChI is InChI=1S/C19H21NO2/c1-2-3-10-15-20(19(21)18-13-8-5-9-14-18)22-16-17-11-6-4-7-12-17/h2,4-9,11-14H,1,3,10,15-16H2. The molecule has 3 heteroatoms. The van der Waals surface area contributed by atoms with Crippen LogP contribution < -0.4 is 0 Å². The van der Waals surface area contributed by atoms with Gasteiger partial charge in [0.15, 0.2) is 0 Å². The molecule has 1 amide bonds. The third kappa shape index (κ3) is 4.86. The van der Waals surface area contributed by atoms with E-state index < -0.39 is 0 Å². The highest BCUT2D eigenvalue weighted by atomic mass is 16.7. The predicted molar refractivity (Wildman–Crippen MR) is 88.1 cm³/mol. The van der Waals surface area contributed by atoms with Crippen molar-refractivity contribution in [3.63, 3.8) is 0 Å². The quantitative estimate of drug-likeness (QED) is 0.414. The third-order valence-corrected chi connectivity index (χ3v) is 3.25. The van der Waals surface area contributed by atoms with Gasteiger partial charge in [-0.1, -0.05) is 54.6 Å². The van der Waals surface area contributed by atoms with Gasteiger partial charge in [-0.2, -0.15) is 0 Å². The van der Waals surface area contributed by atoms with Gasteiger partial charge >= 0.3 is 0 Å². The van der Waals surface area contributed by atoms with Gasteiger partial charge in [-0.3, -0.25) is 9.63 Å². The molecule has 0 aliphatic heterocycles. The highest BCUT2D eigenvalue weighted by Crippen LogP contribution is 2.10. The highest BCUT2D eigenvalue weighted by molar-refractivity contribution is 5.93. The van der Waals surface area contributed by atoms with Gasteiger partial charge in [0.25, 0.3) is 5.91 Å². The lowest BCUT2D eigenvalue weighted by atomic mass is 10.2. The van der Waals surface area contributed by atoms with E-state index in [9.17, 15) is 4.79 Å². The molecule has 0 atom stereocenters. The molecule has 0 N–H and O–H groups in total. The highest BCUT2D eigenvalue weighted by Gasteiger charge is 2.16. The maximum atomic E-state index is 12.5. The molecular weight excluding hydrogens is 274 g/mol. The van der Waals surface area contributed by atoms with E-state index >= 15 is 0 Å². The molecule has 0 radical (unpaired) electrons. The van der Waals surface area contributed by atoms with Crippen molar-refractivity contribution in [1.82, 2.24) is 5.06 Å². The van der Waals surface area contributed by atoms with Crippen LogP contribution in [0.4, 0.5) is 0 Å². The Morgan fingerprint density at radius 1 is 1.05 bits per heavy atom.